The maximum Gasteiger partial charge on any atom is 0.333 e. The third-order valence-electron chi connectivity index (χ3n) is 4.60. The summed E-state index contributed by atoms with van der Waals surface area (Å²) >= 11 is 0. The Balaban J connectivity index is 2.02. The maximum atomic E-state index is 13.1. The van der Waals surface area contributed by atoms with Crippen LogP contribution in [0.25, 0.3) is 0 Å². The zero-order valence-electron chi connectivity index (χ0n) is 16.5. The summed E-state index contributed by atoms with van der Waals surface area (Å²) in [5.41, 5.74) is 1.95. The number of hydrogen-bond acceptors (Lipinski definition) is 5. The van der Waals surface area contributed by atoms with Crippen molar-refractivity contribution in [3.63, 3.8) is 0 Å². The van der Waals surface area contributed by atoms with Crippen molar-refractivity contribution in [1.29, 1.82) is 0 Å². The molecule has 0 bridgehead atoms. The predicted molar refractivity (Wildman–Crippen MR) is 108 cm³/mol. The summed E-state index contributed by atoms with van der Waals surface area (Å²) in [6, 6.07) is 14.4. The molecule has 7 nitrogen and oxygen atoms in total. The van der Waals surface area contributed by atoms with Crippen LogP contribution in [0.15, 0.2) is 59.4 Å². The van der Waals surface area contributed by atoms with Crippen LogP contribution in [0, 0.1) is 6.92 Å². The van der Waals surface area contributed by atoms with E-state index in [-0.39, 0.29) is 0 Å². The van der Waals surface area contributed by atoms with Crippen LogP contribution in [0.1, 0.15) is 28.4 Å². The van der Waals surface area contributed by atoms with Gasteiger partial charge in [0.25, 0.3) is 5.56 Å². The first kappa shape index (κ1) is 20.1. The van der Waals surface area contributed by atoms with Crippen molar-refractivity contribution >= 4 is 5.97 Å². The van der Waals surface area contributed by atoms with Crippen molar-refractivity contribution in [2.24, 2.45) is 0 Å². The number of carboxylic acids is 1. The molecule has 2 aromatic carbocycles. The van der Waals surface area contributed by atoms with E-state index in [1.54, 1.807) is 44.4 Å². The molecule has 1 N–H and O–H groups in total. The molecule has 0 radical (unpaired) electrons. The lowest BCUT2D eigenvalue weighted by Crippen LogP contribution is -2.35. The number of rotatable bonds is 7. The van der Waals surface area contributed by atoms with Gasteiger partial charge in [-0.1, -0.05) is 24.3 Å². The second kappa shape index (κ2) is 8.60. The highest BCUT2D eigenvalue weighted by Gasteiger charge is 2.25. The molecule has 29 heavy (non-hydrogen) atoms. The number of aryl methyl sites for hydroxylation is 1. The first-order chi connectivity index (χ1) is 13.9. The third-order valence-corrected chi connectivity index (χ3v) is 4.60. The quantitative estimate of drug-likeness (QED) is 0.663. The molecule has 1 heterocycles. The molecule has 0 aliphatic carbocycles. The molecule has 7 heteroatoms. The van der Waals surface area contributed by atoms with Gasteiger partial charge in [-0.3, -0.25) is 4.79 Å². The predicted octanol–water partition coefficient (Wildman–Crippen LogP) is 2.83. The molecule has 150 valence electrons. The Morgan fingerprint density at radius 2 is 1.59 bits per heavy atom. The Kier molecular flexibility index (Phi) is 5.97. The highest BCUT2D eigenvalue weighted by molar-refractivity contribution is 5.76. The maximum absolute atomic E-state index is 13.1. The zero-order valence-corrected chi connectivity index (χ0v) is 16.5. The fraction of sp³-hybridized carbons (Fsp3) is 0.227. The van der Waals surface area contributed by atoms with E-state index < -0.39 is 17.6 Å². The number of nitrogens with zero attached hydrogens (tertiary/aromatic N) is 2. The van der Waals surface area contributed by atoms with E-state index in [1.165, 1.54) is 7.11 Å². The Bertz CT molecular complexity index is 1060. The minimum atomic E-state index is -1.23. The van der Waals surface area contributed by atoms with Gasteiger partial charge in [0.05, 0.1) is 19.9 Å². The largest absolute Gasteiger partial charge is 0.497 e. The number of aliphatic carboxylic acids is 1. The fourth-order valence-electron chi connectivity index (χ4n) is 3.14. The molecule has 1 unspecified atom stereocenters. The van der Waals surface area contributed by atoms with Crippen LogP contribution >= 0.6 is 0 Å². The number of hydrogen-bond donors (Lipinski definition) is 1. The van der Waals surface area contributed by atoms with Gasteiger partial charge in [0.2, 0.25) is 0 Å². The molecule has 0 aliphatic rings. The molecular formula is C22H22N2O5. The van der Waals surface area contributed by atoms with Gasteiger partial charge in [-0.15, -0.1) is 0 Å². The summed E-state index contributed by atoms with van der Waals surface area (Å²) in [5, 5.41) is 14.0. The van der Waals surface area contributed by atoms with Crippen LogP contribution < -0.4 is 15.0 Å². The van der Waals surface area contributed by atoms with Gasteiger partial charge in [-0.25, -0.2) is 9.48 Å². The summed E-state index contributed by atoms with van der Waals surface area (Å²) in [6.07, 6.45) is 0.362. The molecule has 0 amide bonds. The summed E-state index contributed by atoms with van der Waals surface area (Å²) in [6.45, 7) is 1.74. The molecule has 0 saturated carbocycles. The van der Waals surface area contributed by atoms with Gasteiger partial charge < -0.3 is 14.6 Å². The van der Waals surface area contributed by atoms with Gasteiger partial charge in [0.1, 0.15) is 11.5 Å². The number of carbonyl (C=O) groups is 1. The van der Waals surface area contributed by atoms with Crippen molar-refractivity contribution in [3.05, 3.63) is 87.3 Å². The summed E-state index contributed by atoms with van der Waals surface area (Å²) in [7, 11) is 3.12. The van der Waals surface area contributed by atoms with Crippen molar-refractivity contribution in [2.75, 3.05) is 14.2 Å². The molecular weight excluding hydrogens is 372 g/mol. The van der Waals surface area contributed by atoms with E-state index in [2.05, 4.69) is 5.10 Å². The number of aromatic nitrogens is 2. The SMILES string of the molecule is COc1ccc(Cc2cc(C)nn(C(C(=O)O)c3ccc(OC)cc3)c2=O)cc1. The van der Waals surface area contributed by atoms with Crippen LogP contribution in [-0.4, -0.2) is 35.1 Å². The van der Waals surface area contributed by atoms with Gasteiger partial charge >= 0.3 is 5.97 Å². The van der Waals surface area contributed by atoms with Crippen LogP contribution in [0.2, 0.25) is 0 Å². The molecule has 1 aromatic heterocycles. The molecule has 1 atom stereocenters. The average Bonchev–Trinajstić information content (AvgIpc) is 2.72. The molecule has 0 aliphatic heterocycles. The number of methoxy groups -OCH3 is 2. The van der Waals surface area contributed by atoms with Crippen molar-refractivity contribution < 1.29 is 19.4 Å². The minimum absolute atomic E-state index is 0.362. The Hall–Kier alpha value is -3.61. The van der Waals surface area contributed by atoms with E-state index in [0.29, 0.717) is 29.0 Å². The van der Waals surface area contributed by atoms with Gasteiger partial charge in [-0.05, 0) is 48.4 Å². The van der Waals surface area contributed by atoms with Crippen LogP contribution in [0.5, 0.6) is 11.5 Å². The van der Waals surface area contributed by atoms with Crippen LogP contribution in [0.4, 0.5) is 0 Å². The zero-order chi connectivity index (χ0) is 21.0. The number of benzene rings is 2. The normalized spacial score (nSPS) is 11.7. The smallest absolute Gasteiger partial charge is 0.333 e. The van der Waals surface area contributed by atoms with E-state index in [1.807, 2.05) is 24.3 Å². The second-order valence-electron chi connectivity index (χ2n) is 6.60. The lowest BCUT2D eigenvalue weighted by atomic mass is 10.0. The third kappa shape index (κ3) is 4.45. The van der Waals surface area contributed by atoms with Gasteiger partial charge in [0.15, 0.2) is 6.04 Å². The molecule has 0 saturated heterocycles. The fourth-order valence-corrected chi connectivity index (χ4v) is 3.14. The molecule has 3 rings (SSSR count). The van der Waals surface area contributed by atoms with E-state index in [0.717, 1.165) is 16.0 Å². The highest BCUT2D eigenvalue weighted by Crippen LogP contribution is 2.21. The molecule has 0 fully saturated rings. The standard InChI is InChI=1S/C22H22N2O5/c1-14-12-17(13-15-4-8-18(28-2)9-5-15)21(25)24(23-14)20(22(26)27)16-6-10-19(29-3)11-7-16/h4-12,20H,13H2,1-3H3,(H,26,27). The summed E-state index contributed by atoms with van der Waals surface area (Å²) < 4.78 is 11.3. The highest BCUT2D eigenvalue weighted by atomic mass is 16.5. The summed E-state index contributed by atoms with van der Waals surface area (Å²) in [5.74, 6) is 0.163. The topological polar surface area (TPSA) is 90.7 Å². The van der Waals surface area contributed by atoms with E-state index in [9.17, 15) is 14.7 Å². The van der Waals surface area contributed by atoms with Crippen molar-refractivity contribution in [1.82, 2.24) is 9.78 Å². The summed E-state index contributed by atoms with van der Waals surface area (Å²) in [4.78, 5) is 25.1. The van der Waals surface area contributed by atoms with Crippen molar-refractivity contribution in [3.8, 4) is 11.5 Å². The Morgan fingerprint density at radius 3 is 2.10 bits per heavy atom. The van der Waals surface area contributed by atoms with Crippen molar-refractivity contribution in [2.45, 2.75) is 19.4 Å². The lowest BCUT2D eigenvalue weighted by Gasteiger charge is -2.17. The minimum Gasteiger partial charge on any atom is -0.497 e. The van der Waals surface area contributed by atoms with E-state index in [4.69, 9.17) is 9.47 Å². The Morgan fingerprint density at radius 1 is 1.03 bits per heavy atom. The van der Waals surface area contributed by atoms with Crippen LogP contribution in [-0.2, 0) is 11.2 Å². The number of ether oxygens (including phenoxy) is 2. The second-order valence-corrected chi connectivity index (χ2v) is 6.60. The first-order valence-electron chi connectivity index (χ1n) is 9.02. The molecule has 3 aromatic rings. The number of carboxylic acid groups (broad SMARTS) is 1. The monoisotopic (exact) mass is 394 g/mol. The first-order valence-corrected chi connectivity index (χ1v) is 9.02. The van der Waals surface area contributed by atoms with E-state index >= 15 is 0 Å². The molecule has 0 spiro atoms. The van der Waals surface area contributed by atoms with Gasteiger partial charge in [0, 0.05) is 12.0 Å². The van der Waals surface area contributed by atoms with Crippen LogP contribution in [0.3, 0.4) is 0 Å². The average molecular weight is 394 g/mol. The van der Waals surface area contributed by atoms with Gasteiger partial charge in [-0.2, -0.15) is 5.10 Å². The Labute approximate surface area is 168 Å². The lowest BCUT2D eigenvalue weighted by molar-refractivity contribution is -0.139.